The van der Waals surface area contributed by atoms with E-state index < -0.39 is 0 Å². The normalized spacial score (nSPS) is 10.9. The molecular weight excluding hydrogens is 495 g/mol. The van der Waals surface area contributed by atoms with Crippen LogP contribution in [-0.2, 0) is 19.6 Å². The average Bonchev–Trinajstić information content (AvgIpc) is 3.15. The summed E-state index contributed by atoms with van der Waals surface area (Å²) in [6, 6.07) is 18.2. The molecule has 0 spiro atoms. The van der Waals surface area contributed by atoms with Crippen LogP contribution in [0.1, 0.15) is 21.8 Å². The van der Waals surface area contributed by atoms with Crippen molar-refractivity contribution in [1.82, 2.24) is 15.6 Å². The largest absolute Gasteiger partial charge is 0.489 e. The fourth-order valence-corrected chi connectivity index (χ4v) is 3.43. The van der Waals surface area contributed by atoms with Crippen LogP contribution >= 0.6 is 35.3 Å². The Labute approximate surface area is 193 Å². The minimum atomic E-state index is 0. The molecule has 0 saturated carbocycles. The van der Waals surface area contributed by atoms with Gasteiger partial charge in [-0.1, -0.05) is 42.5 Å². The van der Waals surface area contributed by atoms with Gasteiger partial charge in [-0.2, -0.15) is 0 Å². The van der Waals surface area contributed by atoms with Crippen molar-refractivity contribution in [3.63, 3.8) is 0 Å². The molecule has 0 fully saturated rings. The van der Waals surface area contributed by atoms with E-state index >= 15 is 0 Å². The van der Waals surface area contributed by atoms with Gasteiger partial charge in [-0.15, -0.1) is 35.3 Å². The highest BCUT2D eigenvalue weighted by atomic mass is 127. The van der Waals surface area contributed by atoms with Crippen LogP contribution in [0.4, 0.5) is 0 Å². The lowest BCUT2D eigenvalue weighted by Gasteiger charge is -2.14. The molecule has 0 unspecified atom stereocenters. The summed E-state index contributed by atoms with van der Waals surface area (Å²) < 4.78 is 5.90. The summed E-state index contributed by atoms with van der Waals surface area (Å²) in [4.78, 5) is 8.80. The fraction of sp³-hybridized carbons (Fsp3) is 0.273. The maximum absolute atomic E-state index is 5.90. The molecule has 2 aromatic carbocycles. The third-order valence-electron chi connectivity index (χ3n) is 4.27. The van der Waals surface area contributed by atoms with Crippen LogP contribution < -0.4 is 15.4 Å². The van der Waals surface area contributed by atoms with E-state index in [-0.39, 0.29) is 24.0 Å². The lowest BCUT2D eigenvalue weighted by molar-refractivity contribution is 0.305. The number of rotatable bonds is 8. The molecule has 5 nitrogen and oxygen atoms in total. The molecule has 1 heterocycles. The van der Waals surface area contributed by atoms with Crippen molar-refractivity contribution in [1.29, 1.82) is 0 Å². The summed E-state index contributed by atoms with van der Waals surface area (Å²) in [5.74, 6) is 1.66. The van der Waals surface area contributed by atoms with E-state index in [0.29, 0.717) is 13.2 Å². The van der Waals surface area contributed by atoms with E-state index in [1.165, 1.54) is 5.56 Å². The van der Waals surface area contributed by atoms with Gasteiger partial charge in [0.05, 0.1) is 10.7 Å². The van der Waals surface area contributed by atoms with Gasteiger partial charge in [0.25, 0.3) is 0 Å². The van der Waals surface area contributed by atoms with Crippen molar-refractivity contribution in [2.24, 2.45) is 4.99 Å². The van der Waals surface area contributed by atoms with Gasteiger partial charge in [-0.25, -0.2) is 4.98 Å². The molecule has 0 atom stereocenters. The van der Waals surface area contributed by atoms with Crippen LogP contribution in [0.2, 0.25) is 0 Å². The molecule has 3 aromatic rings. The molecule has 0 saturated heterocycles. The molecule has 0 aliphatic rings. The number of nitrogens with zero attached hydrogens (tertiary/aromatic N) is 2. The third-order valence-corrected chi connectivity index (χ3v) is 5.09. The van der Waals surface area contributed by atoms with E-state index in [9.17, 15) is 0 Å². The quantitative estimate of drug-likeness (QED) is 0.259. The second kappa shape index (κ2) is 12.4. The first-order valence-corrected chi connectivity index (χ1v) is 10.2. The number of aryl methyl sites for hydroxylation is 1. The van der Waals surface area contributed by atoms with Crippen molar-refractivity contribution < 1.29 is 4.74 Å². The summed E-state index contributed by atoms with van der Waals surface area (Å²) in [6.45, 7) is 4.05. The number of para-hydroxylation sites is 1. The zero-order chi connectivity index (χ0) is 19.6. The van der Waals surface area contributed by atoms with Gasteiger partial charge < -0.3 is 15.4 Å². The number of ether oxygens (including phenoxy) is 1. The fourth-order valence-electron chi connectivity index (χ4n) is 2.78. The van der Waals surface area contributed by atoms with Crippen molar-refractivity contribution in [3.8, 4) is 5.75 Å². The van der Waals surface area contributed by atoms with Gasteiger partial charge in [0.1, 0.15) is 12.4 Å². The minimum absolute atomic E-state index is 0. The van der Waals surface area contributed by atoms with Crippen LogP contribution in [0.15, 0.2) is 65.0 Å². The van der Waals surface area contributed by atoms with E-state index in [4.69, 9.17) is 4.74 Å². The van der Waals surface area contributed by atoms with Crippen molar-refractivity contribution in [2.75, 3.05) is 13.6 Å². The summed E-state index contributed by atoms with van der Waals surface area (Å²) in [7, 11) is 1.78. The number of thiazole rings is 1. The van der Waals surface area contributed by atoms with Gasteiger partial charge in [0, 0.05) is 31.9 Å². The third kappa shape index (κ3) is 7.66. The molecule has 7 heteroatoms. The maximum Gasteiger partial charge on any atom is 0.191 e. The Balaban J connectivity index is 0.00000300. The molecule has 0 radical (unpaired) electrons. The smallest absolute Gasteiger partial charge is 0.191 e. The van der Waals surface area contributed by atoms with Gasteiger partial charge in [-0.05, 0) is 30.2 Å². The van der Waals surface area contributed by atoms with Gasteiger partial charge in [0.15, 0.2) is 5.96 Å². The first-order valence-electron chi connectivity index (χ1n) is 9.35. The number of aromatic nitrogens is 1. The Morgan fingerprint density at radius 1 is 1.03 bits per heavy atom. The van der Waals surface area contributed by atoms with E-state index in [1.807, 2.05) is 49.4 Å². The summed E-state index contributed by atoms with van der Waals surface area (Å²) in [5, 5.41) is 9.94. The Hall–Kier alpha value is -2.13. The van der Waals surface area contributed by atoms with Gasteiger partial charge in [0.2, 0.25) is 0 Å². The molecule has 2 N–H and O–H groups in total. The highest BCUT2D eigenvalue weighted by molar-refractivity contribution is 14.0. The first kappa shape index (κ1) is 23.2. The number of benzene rings is 2. The Morgan fingerprint density at radius 3 is 2.45 bits per heavy atom. The number of hydrogen-bond acceptors (Lipinski definition) is 4. The molecule has 1 aromatic heterocycles. The molecule has 0 aliphatic carbocycles. The van der Waals surface area contributed by atoms with E-state index in [1.54, 1.807) is 18.4 Å². The molecular formula is C22H27IN4OS. The SMILES string of the molecule is CN=C(NCCc1csc(C)n1)NCc1ccccc1COc1ccccc1.I. The van der Waals surface area contributed by atoms with Gasteiger partial charge in [-0.3, -0.25) is 4.99 Å². The molecule has 3 rings (SSSR count). The van der Waals surface area contributed by atoms with E-state index in [0.717, 1.165) is 40.9 Å². The predicted molar refractivity (Wildman–Crippen MR) is 131 cm³/mol. The minimum Gasteiger partial charge on any atom is -0.489 e. The topological polar surface area (TPSA) is 58.5 Å². The highest BCUT2D eigenvalue weighted by Gasteiger charge is 2.05. The number of hydrogen-bond donors (Lipinski definition) is 2. The van der Waals surface area contributed by atoms with Gasteiger partial charge >= 0.3 is 0 Å². The Bertz CT molecular complexity index is 899. The Kier molecular flexibility index (Phi) is 9.93. The van der Waals surface area contributed by atoms with Crippen LogP contribution in [0.5, 0.6) is 5.75 Å². The lowest BCUT2D eigenvalue weighted by atomic mass is 10.1. The Morgan fingerprint density at radius 2 is 1.76 bits per heavy atom. The lowest BCUT2D eigenvalue weighted by Crippen LogP contribution is -2.38. The van der Waals surface area contributed by atoms with Crippen LogP contribution in [0.25, 0.3) is 0 Å². The van der Waals surface area contributed by atoms with Crippen molar-refractivity contribution in [3.05, 3.63) is 81.8 Å². The second-order valence-corrected chi connectivity index (χ2v) is 7.39. The van der Waals surface area contributed by atoms with Crippen LogP contribution in [0.3, 0.4) is 0 Å². The zero-order valence-electron chi connectivity index (χ0n) is 16.7. The molecule has 0 amide bonds. The van der Waals surface area contributed by atoms with Crippen LogP contribution in [0, 0.1) is 6.92 Å². The number of aliphatic imine (C=N–C) groups is 1. The number of nitrogens with one attached hydrogen (secondary N) is 2. The number of guanidine groups is 1. The highest BCUT2D eigenvalue weighted by Crippen LogP contribution is 2.14. The second-order valence-electron chi connectivity index (χ2n) is 6.33. The molecule has 0 aliphatic heterocycles. The number of halogens is 1. The van der Waals surface area contributed by atoms with Crippen LogP contribution in [-0.4, -0.2) is 24.5 Å². The molecule has 154 valence electrons. The summed E-state index contributed by atoms with van der Waals surface area (Å²) in [5.41, 5.74) is 3.47. The maximum atomic E-state index is 5.90. The predicted octanol–water partition coefficient (Wildman–Crippen LogP) is 4.56. The summed E-state index contributed by atoms with van der Waals surface area (Å²) in [6.07, 6.45) is 0.881. The van der Waals surface area contributed by atoms with Crippen molar-refractivity contribution >= 4 is 41.3 Å². The average molecular weight is 522 g/mol. The zero-order valence-corrected chi connectivity index (χ0v) is 19.9. The van der Waals surface area contributed by atoms with Crippen molar-refractivity contribution in [2.45, 2.75) is 26.5 Å². The summed E-state index contributed by atoms with van der Waals surface area (Å²) >= 11 is 1.68. The molecule has 0 bridgehead atoms. The molecule has 29 heavy (non-hydrogen) atoms. The first-order chi connectivity index (χ1) is 13.7. The van der Waals surface area contributed by atoms with E-state index in [2.05, 4.69) is 38.1 Å². The monoisotopic (exact) mass is 522 g/mol. The standard InChI is InChI=1S/C22H26N4OS.HI/c1-17-26-20(16-28-17)12-13-24-22(23-2)25-14-18-8-6-7-9-19(18)15-27-21-10-4-3-5-11-21;/h3-11,16H,12-15H2,1-2H3,(H2,23,24,25);1H.